The van der Waals surface area contributed by atoms with Crippen LogP contribution in [0.15, 0.2) is 18.2 Å². The summed E-state index contributed by atoms with van der Waals surface area (Å²) in [6.07, 6.45) is 1.78. The molecule has 0 aromatic heterocycles. The van der Waals surface area contributed by atoms with Crippen molar-refractivity contribution < 1.29 is 4.39 Å². The normalized spacial score (nSPS) is 10.2. The van der Waals surface area contributed by atoms with Crippen LogP contribution in [0.3, 0.4) is 0 Å². The molecule has 0 aliphatic rings. The Morgan fingerprint density at radius 3 is 2.67 bits per heavy atom. The standard InChI is InChI=1S/C9H10ClFS/c10-8-4-7(2-1-3-12)5-9(11)6-8/h4-6,12H,1-3H2. The summed E-state index contributed by atoms with van der Waals surface area (Å²) in [5.41, 5.74) is 0.939. The van der Waals surface area contributed by atoms with Gasteiger partial charge in [-0.2, -0.15) is 12.6 Å². The molecule has 0 saturated carbocycles. The summed E-state index contributed by atoms with van der Waals surface area (Å²) in [6, 6.07) is 4.61. The average Bonchev–Trinajstić information content (AvgIpc) is 1.99. The Morgan fingerprint density at radius 2 is 2.08 bits per heavy atom. The van der Waals surface area contributed by atoms with Crippen molar-refractivity contribution in [3.63, 3.8) is 0 Å². The number of rotatable bonds is 3. The number of halogens is 2. The zero-order chi connectivity index (χ0) is 8.97. The molecule has 0 fully saturated rings. The van der Waals surface area contributed by atoms with Crippen LogP contribution in [0.5, 0.6) is 0 Å². The molecule has 0 aliphatic carbocycles. The lowest BCUT2D eigenvalue weighted by atomic mass is 10.1. The maximum atomic E-state index is 12.8. The highest BCUT2D eigenvalue weighted by molar-refractivity contribution is 7.80. The summed E-state index contributed by atoms with van der Waals surface area (Å²) in [6.45, 7) is 0. The molecule has 66 valence electrons. The summed E-state index contributed by atoms with van der Waals surface area (Å²) in [4.78, 5) is 0. The first-order chi connectivity index (χ1) is 5.72. The lowest BCUT2D eigenvalue weighted by Crippen LogP contribution is -1.87. The van der Waals surface area contributed by atoms with E-state index >= 15 is 0 Å². The Morgan fingerprint density at radius 1 is 1.33 bits per heavy atom. The van der Waals surface area contributed by atoms with E-state index in [1.54, 1.807) is 6.07 Å². The molecule has 1 aromatic carbocycles. The minimum atomic E-state index is -0.267. The van der Waals surface area contributed by atoms with Crippen molar-refractivity contribution in [2.24, 2.45) is 0 Å². The molecule has 0 unspecified atom stereocenters. The van der Waals surface area contributed by atoms with Crippen LogP contribution < -0.4 is 0 Å². The van der Waals surface area contributed by atoms with Crippen LogP contribution >= 0.6 is 24.2 Å². The zero-order valence-electron chi connectivity index (χ0n) is 6.56. The van der Waals surface area contributed by atoms with E-state index in [4.69, 9.17) is 11.6 Å². The second-order valence-corrected chi connectivity index (χ2v) is 3.49. The molecule has 3 heteroatoms. The van der Waals surface area contributed by atoms with Crippen LogP contribution in [0.1, 0.15) is 12.0 Å². The minimum Gasteiger partial charge on any atom is -0.207 e. The Labute approximate surface area is 82.2 Å². The Bertz CT molecular complexity index is 242. The second kappa shape index (κ2) is 4.73. The van der Waals surface area contributed by atoms with Gasteiger partial charge in [0, 0.05) is 5.02 Å². The summed E-state index contributed by atoms with van der Waals surface area (Å²) in [5.74, 6) is 0.547. The molecule has 0 spiro atoms. The van der Waals surface area contributed by atoms with Crippen LogP contribution in [0.4, 0.5) is 4.39 Å². The highest BCUT2D eigenvalue weighted by Gasteiger charge is 1.98. The van der Waals surface area contributed by atoms with Gasteiger partial charge in [-0.05, 0) is 42.4 Å². The third-order valence-corrected chi connectivity index (χ3v) is 2.08. The van der Waals surface area contributed by atoms with E-state index in [9.17, 15) is 4.39 Å². The van der Waals surface area contributed by atoms with Gasteiger partial charge < -0.3 is 0 Å². The third kappa shape index (κ3) is 3.03. The molecule has 0 N–H and O–H groups in total. The molecule has 0 nitrogen and oxygen atoms in total. The molecule has 1 rings (SSSR count). The van der Waals surface area contributed by atoms with Gasteiger partial charge in [0.25, 0.3) is 0 Å². The first kappa shape index (κ1) is 9.87. The van der Waals surface area contributed by atoms with E-state index < -0.39 is 0 Å². The maximum absolute atomic E-state index is 12.8. The summed E-state index contributed by atoms with van der Waals surface area (Å²) < 4.78 is 12.8. The quantitative estimate of drug-likeness (QED) is 0.718. The largest absolute Gasteiger partial charge is 0.207 e. The number of hydrogen-bond acceptors (Lipinski definition) is 1. The first-order valence-corrected chi connectivity index (χ1v) is 4.79. The zero-order valence-corrected chi connectivity index (χ0v) is 8.21. The van der Waals surface area contributed by atoms with Crippen molar-refractivity contribution in [3.05, 3.63) is 34.6 Å². The number of hydrogen-bond donors (Lipinski definition) is 1. The van der Waals surface area contributed by atoms with Crippen molar-refractivity contribution in [2.45, 2.75) is 12.8 Å². The molecule has 1 aromatic rings. The van der Waals surface area contributed by atoms with Gasteiger partial charge in [-0.3, -0.25) is 0 Å². The fourth-order valence-electron chi connectivity index (χ4n) is 1.04. The van der Waals surface area contributed by atoms with Gasteiger partial charge in [0.05, 0.1) is 0 Å². The molecular formula is C9H10ClFS. The van der Waals surface area contributed by atoms with Crippen LogP contribution in [0.2, 0.25) is 5.02 Å². The van der Waals surface area contributed by atoms with Gasteiger partial charge in [-0.25, -0.2) is 4.39 Å². The molecule has 12 heavy (non-hydrogen) atoms. The Balaban J connectivity index is 2.72. The van der Waals surface area contributed by atoms with Crippen molar-refractivity contribution in [3.8, 4) is 0 Å². The molecule has 0 saturated heterocycles. The third-order valence-electron chi connectivity index (χ3n) is 1.55. The lowest BCUT2D eigenvalue weighted by molar-refractivity contribution is 0.625. The molecule has 0 radical (unpaired) electrons. The predicted molar refractivity (Wildman–Crippen MR) is 53.6 cm³/mol. The van der Waals surface area contributed by atoms with E-state index in [1.165, 1.54) is 12.1 Å². The SMILES string of the molecule is Fc1cc(Cl)cc(CCCS)c1. The molecule has 0 bridgehead atoms. The van der Waals surface area contributed by atoms with E-state index in [2.05, 4.69) is 12.6 Å². The van der Waals surface area contributed by atoms with Crippen molar-refractivity contribution in [1.29, 1.82) is 0 Å². The summed E-state index contributed by atoms with van der Waals surface area (Å²) in [7, 11) is 0. The van der Waals surface area contributed by atoms with E-state index in [-0.39, 0.29) is 5.82 Å². The molecule has 0 heterocycles. The highest BCUT2D eigenvalue weighted by Crippen LogP contribution is 2.15. The number of aryl methyl sites for hydroxylation is 1. The van der Waals surface area contributed by atoms with Crippen LogP contribution in [-0.4, -0.2) is 5.75 Å². The van der Waals surface area contributed by atoms with Crippen LogP contribution in [-0.2, 0) is 6.42 Å². The molecule has 0 aliphatic heterocycles. The Kier molecular flexibility index (Phi) is 3.89. The van der Waals surface area contributed by atoms with Crippen LogP contribution in [0, 0.1) is 5.82 Å². The van der Waals surface area contributed by atoms with E-state index in [1.807, 2.05) is 0 Å². The minimum absolute atomic E-state index is 0.267. The molecular weight excluding hydrogens is 195 g/mol. The van der Waals surface area contributed by atoms with Crippen LogP contribution in [0.25, 0.3) is 0 Å². The van der Waals surface area contributed by atoms with Crippen molar-refractivity contribution >= 4 is 24.2 Å². The van der Waals surface area contributed by atoms with Crippen molar-refractivity contribution in [1.82, 2.24) is 0 Å². The van der Waals surface area contributed by atoms with Gasteiger partial charge in [-0.1, -0.05) is 11.6 Å². The summed E-state index contributed by atoms with van der Waals surface area (Å²) >= 11 is 9.75. The maximum Gasteiger partial charge on any atom is 0.124 e. The van der Waals surface area contributed by atoms with Gasteiger partial charge in [-0.15, -0.1) is 0 Å². The van der Waals surface area contributed by atoms with E-state index in [0.717, 1.165) is 24.2 Å². The smallest absolute Gasteiger partial charge is 0.124 e. The van der Waals surface area contributed by atoms with Gasteiger partial charge in [0.1, 0.15) is 5.82 Å². The summed E-state index contributed by atoms with van der Waals surface area (Å²) in [5, 5.41) is 0.462. The monoisotopic (exact) mass is 204 g/mol. The molecule has 0 atom stereocenters. The average molecular weight is 205 g/mol. The fourth-order valence-corrected chi connectivity index (χ4v) is 1.44. The topological polar surface area (TPSA) is 0 Å². The van der Waals surface area contributed by atoms with Gasteiger partial charge in [0.2, 0.25) is 0 Å². The number of benzene rings is 1. The van der Waals surface area contributed by atoms with E-state index in [0.29, 0.717) is 5.02 Å². The molecule has 0 amide bonds. The first-order valence-electron chi connectivity index (χ1n) is 3.78. The Hall–Kier alpha value is -0.210. The highest BCUT2D eigenvalue weighted by atomic mass is 35.5. The van der Waals surface area contributed by atoms with Gasteiger partial charge in [0.15, 0.2) is 0 Å². The predicted octanol–water partition coefficient (Wildman–Crippen LogP) is 3.34. The van der Waals surface area contributed by atoms with Gasteiger partial charge >= 0.3 is 0 Å². The second-order valence-electron chi connectivity index (χ2n) is 2.60. The lowest BCUT2D eigenvalue weighted by Gasteiger charge is -2.00. The number of thiol groups is 1. The van der Waals surface area contributed by atoms with Crippen molar-refractivity contribution in [2.75, 3.05) is 5.75 Å². The fraction of sp³-hybridized carbons (Fsp3) is 0.333.